The Morgan fingerprint density at radius 3 is 2.33 bits per heavy atom. The molecule has 0 aliphatic rings. The molecule has 0 amide bonds. The van der Waals surface area contributed by atoms with Gasteiger partial charge < -0.3 is 32.3 Å². The number of carboxylic acid groups (broad SMARTS) is 1. The second-order valence-electron chi connectivity index (χ2n) is 6.43. The van der Waals surface area contributed by atoms with Crippen LogP contribution < -0.4 is 27.2 Å². The standard InChI is InChI=1S/C23H22FNO4.ClH/c1-28-21-8-4-6-18(22(21)29-15-19-5-2-3-7-20(19)24)14-25-13-16-9-11-17(12-10-16)23(26)27;/h2-12,25H,13-15H2,1H3,(H,26,27);1H/p-1. The number of rotatable bonds is 9. The first-order chi connectivity index (χ1) is 14.1. The van der Waals surface area contributed by atoms with Crippen LogP contribution in [0.15, 0.2) is 66.7 Å². The van der Waals surface area contributed by atoms with Crippen molar-refractivity contribution in [2.24, 2.45) is 0 Å². The third-order valence-electron chi connectivity index (χ3n) is 4.46. The molecule has 0 aliphatic carbocycles. The SMILES string of the molecule is COc1cccc(CNCc2ccc(C(=O)O)cc2)c1OCc1ccccc1F.[Cl-]. The molecule has 0 atom stereocenters. The summed E-state index contributed by atoms with van der Waals surface area (Å²) in [4.78, 5) is 10.9. The predicted octanol–water partition coefficient (Wildman–Crippen LogP) is 1.41. The highest BCUT2D eigenvalue weighted by molar-refractivity contribution is 5.87. The molecule has 0 saturated heterocycles. The van der Waals surface area contributed by atoms with E-state index in [0.29, 0.717) is 30.2 Å². The van der Waals surface area contributed by atoms with Crippen molar-refractivity contribution in [2.45, 2.75) is 19.7 Å². The average Bonchev–Trinajstić information content (AvgIpc) is 2.74. The van der Waals surface area contributed by atoms with E-state index >= 15 is 0 Å². The fraction of sp³-hybridized carbons (Fsp3) is 0.174. The molecular formula is C23H22ClFNO4-. The normalized spacial score (nSPS) is 10.2. The first-order valence-electron chi connectivity index (χ1n) is 9.13. The molecule has 2 N–H and O–H groups in total. The van der Waals surface area contributed by atoms with Gasteiger partial charge in [-0.2, -0.15) is 0 Å². The number of benzene rings is 3. The number of carbonyl (C=O) groups is 1. The van der Waals surface area contributed by atoms with Crippen molar-refractivity contribution >= 4 is 5.97 Å². The van der Waals surface area contributed by atoms with Gasteiger partial charge in [0.1, 0.15) is 12.4 Å². The van der Waals surface area contributed by atoms with Gasteiger partial charge in [0.2, 0.25) is 0 Å². The summed E-state index contributed by atoms with van der Waals surface area (Å²) in [5, 5.41) is 12.3. The predicted molar refractivity (Wildman–Crippen MR) is 108 cm³/mol. The summed E-state index contributed by atoms with van der Waals surface area (Å²) < 4.78 is 25.2. The number of carboxylic acids is 1. The number of aromatic carboxylic acids is 1. The lowest BCUT2D eigenvalue weighted by atomic mass is 10.1. The Bertz CT molecular complexity index is 979. The number of para-hydroxylation sites is 1. The Labute approximate surface area is 180 Å². The van der Waals surface area contributed by atoms with Crippen LogP contribution in [0.2, 0.25) is 0 Å². The molecule has 3 aromatic carbocycles. The summed E-state index contributed by atoms with van der Waals surface area (Å²) in [7, 11) is 1.56. The third kappa shape index (κ3) is 5.95. The fourth-order valence-corrected chi connectivity index (χ4v) is 2.90. The first kappa shape index (κ1) is 23.2. The molecule has 3 aromatic rings. The van der Waals surface area contributed by atoms with Crippen molar-refractivity contribution in [1.29, 1.82) is 0 Å². The second-order valence-corrected chi connectivity index (χ2v) is 6.43. The lowest BCUT2D eigenvalue weighted by molar-refractivity contribution is -0.0000225. The van der Waals surface area contributed by atoms with Crippen LogP contribution in [0.1, 0.15) is 27.0 Å². The van der Waals surface area contributed by atoms with Gasteiger partial charge in [0.05, 0.1) is 12.7 Å². The maximum atomic E-state index is 13.9. The molecule has 5 nitrogen and oxygen atoms in total. The van der Waals surface area contributed by atoms with E-state index in [1.165, 1.54) is 6.07 Å². The molecule has 0 fully saturated rings. The summed E-state index contributed by atoms with van der Waals surface area (Å²) in [6.07, 6.45) is 0. The molecule has 0 aromatic heterocycles. The lowest BCUT2D eigenvalue weighted by Crippen LogP contribution is -3.00. The minimum absolute atomic E-state index is 0. The van der Waals surface area contributed by atoms with Crippen molar-refractivity contribution in [1.82, 2.24) is 5.32 Å². The van der Waals surface area contributed by atoms with E-state index in [-0.39, 0.29) is 30.4 Å². The van der Waals surface area contributed by atoms with Crippen LogP contribution in [0.5, 0.6) is 11.5 Å². The number of ether oxygens (including phenoxy) is 2. The largest absolute Gasteiger partial charge is 1.00 e. The summed E-state index contributed by atoms with van der Waals surface area (Å²) in [6, 6.07) is 18.8. The van der Waals surface area contributed by atoms with E-state index < -0.39 is 5.97 Å². The number of hydrogen-bond donors (Lipinski definition) is 2. The Kier molecular flexibility index (Phi) is 8.65. The second kappa shape index (κ2) is 11.2. The van der Waals surface area contributed by atoms with Crippen LogP contribution >= 0.6 is 0 Å². The summed E-state index contributed by atoms with van der Waals surface area (Å²) in [5.74, 6) is -0.122. The van der Waals surface area contributed by atoms with Crippen LogP contribution in [0.4, 0.5) is 4.39 Å². The molecule has 0 spiro atoms. The van der Waals surface area contributed by atoms with Gasteiger partial charge in [0.15, 0.2) is 11.5 Å². The summed E-state index contributed by atoms with van der Waals surface area (Å²) in [6.45, 7) is 1.16. The third-order valence-corrected chi connectivity index (χ3v) is 4.46. The van der Waals surface area contributed by atoms with E-state index in [9.17, 15) is 9.18 Å². The van der Waals surface area contributed by atoms with E-state index in [4.69, 9.17) is 14.6 Å². The Morgan fingerprint density at radius 1 is 0.967 bits per heavy atom. The number of nitrogens with one attached hydrogen (secondary N) is 1. The molecule has 0 heterocycles. The molecule has 0 bridgehead atoms. The smallest absolute Gasteiger partial charge is 0.335 e. The molecule has 158 valence electrons. The molecule has 0 unspecified atom stereocenters. The molecule has 0 saturated carbocycles. The van der Waals surface area contributed by atoms with E-state index in [2.05, 4.69) is 5.32 Å². The molecule has 0 radical (unpaired) electrons. The minimum atomic E-state index is -0.947. The van der Waals surface area contributed by atoms with Gasteiger partial charge in [-0.3, -0.25) is 0 Å². The van der Waals surface area contributed by atoms with Crippen molar-refractivity contribution in [2.75, 3.05) is 7.11 Å². The van der Waals surface area contributed by atoms with Crippen molar-refractivity contribution in [3.63, 3.8) is 0 Å². The van der Waals surface area contributed by atoms with Crippen LogP contribution in [-0.4, -0.2) is 18.2 Å². The molecule has 7 heteroatoms. The fourth-order valence-electron chi connectivity index (χ4n) is 2.90. The Balaban J connectivity index is 0.00000320. The van der Waals surface area contributed by atoms with Gasteiger partial charge in [-0.15, -0.1) is 0 Å². The highest BCUT2D eigenvalue weighted by Gasteiger charge is 2.12. The Morgan fingerprint density at radius 2 is 1.67 bits per heavy atom. The highest BCUT2D eigenvalue weighted by atomic mass is 35.5. The van der Waals surface area contributed by atoms with Gasteiger partial charge in [-0.1, -0.05) is 42.5 Å². The molecule has 3 rings (SSSR count). The molecule has 30 heavy (non-hydrogen) atoms. The summed E-state index contributed by atoms with van der Waals surface area (Å²) in [5.41, 5.74) is 2.57. The highest BCUT2D eigenvalue weighted by Crippen LogP contribution is 2.32. The lowest BCUT2D eigenvalue weighted by Gasteiger charge is -2.16. The zero-order chi connectivity index (χ0) is 20.6. The van der Waals surface area contributed by atoms with Gasteiger partial charge in [-0.05, 0) is 29.8 Å². The maximum Gasteiger partial charge on any atom is 0.335 e. The molecular weight excluding hydrogens is 409 g/mol. The average molecular weight is 431 g/mol. The monoisotopic (exact) mass is 430 g/mol. The topological polar surface area (TPSA) is 67.8 Å². The number of methoxy groups -OCH3 is 1. The van der Waals surface area contributed by atoms with Crippen molar-refractivity contribution < 1.29 is 36.2 Å². The van der Waals surface area contributed by atoms with Gasteiger partial charge in [0, 0.05) is 24.2 Å². The van der Waals surface area contributed by atoms with Crippen LogP contribution in [0.25, 0.3) is 0 Å². The Hall–Kier alpha value is -3.09. The van der Waals surface area contributed by atoms with E-state index in [1.54, 1.807) is 55.6 Å². The van der Waals surface area contributed by atoms with E-state index in [0.717, 1.165) is 11.1 Å². The maximum absolute atomic E-state index is 13.9. The summed E-state index contributed by atoms with van der Waals surface area (Å²) >= 11 is 0. The van der Waals surface area contributed by atoms with Gasteiger partial charge >= 0.3 is 5.97 Å². The van der Waals surface area contributed by atoms with Crippen molar-refractivity contribution in [3.05, 3.63) is 94.8 Å². The first-order valence-corrected chi connectivity index (χ1v) is 9.13. The van der Waals surface area contributed by atoms with Crippen LogP contribution in [-0.2, 0) is 19.7 Å². The van der Waals surface area contributed by atoms with Crippen molar-refractivity contribution in [3.8, 4) is 11.5 Å². The van der Waals surface area contributed by atoms with E-state index in [1.807, 2.05) is 12.1 Å². The zero-order valence-corrected chi connectivity index (χ0v) is 17.2. The van der Waals surface area contributed by atoms with Gasteiger partial charge in [0.25, 0.3) is 0 Å². The van der Waals surface area contributed by atoms with Crippen LogP contribution in [0.3, 0.4) is 0 Å². The van der Waals surface area contributed by atoms with Crippen LogP contribution in [0, 0.1) is 5.82 Å². The minimum Gasteiger partial charge on any atom is -1.00 e. The number of hydrogen-bond acceptors (Lipinski definition) is 4. The quantitative estimate of drug-likeness (QED) is 0.537. The zero-order valence-electron chi connectivity index (χ0n) is 16.4. The van der Waals surface area contributed by atoms with Gasteiger partial charge in [-0.25, -0.2) is 9.18 Å². The molecule has 0 aliphatic heterocycles. The number of halogens is 2.